The fraction of sp³-hybridized carbons (Fsp3) is 0.462. The van der Waals surface area contributed by atoms with Crippen molar-refractivity contribution in [3.05, 3.63) is 29.3 Å². The van der Waals surface area contributed by atoms with Gasteiger partial charge in [0.25, 0.3) is 0 Å². The highest BCUT2D eigenvalue weighted by Gasteiger charge is 2.13. The highest BCUT2D eigenvalue weighted by atomic mass is 32.1. The Kier molecular flexibility index (Phi) is 4.08. The van der Waals surface area contributed by atoms with Gasteiger partial charge in [0.2, 0.25) is 0 Å². The van der Waals surface area contributed by atoms with Crippen molar-refractivity contribution in [3.63, 3.8) is 0 Å². The van der Waals surface area contributed by atoms with E-state index in [1.807, 2.05) is 38.8 Å². The van der Waals surface area contributed by atoms with Gasteiger partial charge in [-0.1, -0.05) is 0 Å². The number of rotatable bonds is 3. The molecule has 6 nitrogen and oxygen atoms in total. The Morgan fingerprint density at radius 2 is 2.05 bits per heavy atom. The molecule has 2 N–H and O–H groups in total. The molecule has 1 atom stereocenters. The van der Waals surface area contributed by atoms with Crippen LogP contribution in [0.25, 0.3) is 0 Å². The number of aryl methyl sites for hydroxylation is 3. The van der Waals surface area contributed by atoms with E-state index < -0.39 is 0 Å². The van der Waals surface area contributed by atoms with Gasteiger partial charge in [-0.3, -0.25) is 9.36 Å². The van der Waals surface area contributed by atoms with Crippen LogP contribution < -0.4 is 10.6 Å². The molecule has 20 heavy (non-hydrogen) atoms. The second kappa shape index (κ2) is 5.62. The SMILES string of the molecule is Cc1nn(C)cc1C(C)NC(=S)Nc1cnn(C)c1C. The lowest BCUT2D eigenvalue weighted by molar-refractivity contribution is 0.715. The van der Waals surface area contributed by atoms with Crippen molar-refractivity contribution < 1.29 is 0 Å². The molecular formula is C13H20N6S. The van der Waals surface area contributed by atoms with E-state index in [2.05, 4.69) is 27.8 Å². The monoisotopic (exact) mass is 292 g/mol. The minimum Gasteiger partial charge on any atom is -0.356 e. The summed E-state index contributed by atoms with van der Waals surface area (Å²) in [5.41, 5.74) is 4.10. The minimum absolute atomic E-state index is 0.0978. The van der Waals surface area contributed by atoms with Crippen LogP contribution in [0.5, 0.6) is 0 Å². The minimum atomic E-state index is 0.0978. The highest BCUT2D eigenvalue weighted by Crippen LogP contribution is 2.16. The third-order valence-corrected chi connectivity index (χ3v) is 3.57. The average molecular weight is 292 g/mol. The van der Waals surface area contributed by atoms with Gasteiger partial charge in [0.05, 0.1) is 29.3 Å². The molecule has 0 bridgehead atoms. The number of hydrogen-bond acceptors (Lipinski definition) is 3. The first kappa shape index (κ1) is 14.5. The van der Waals surface area contributed by atoms with E-state index in [0.717, 1.165) is 22.6 Å². The summed E-state index contributed by atoms with van der Waals surface area (Å²) in [7, 11) is 3.82. The second-order valence-corrected chi connectivity index (χ2v) is 5.34. The molecule has 0 fully saturated rings. The Morgan fingerprint density at radius 1 is 1.35 bits per heavy atom. The Labute approximate surface area is 124 Å². The number of nitrogens with zero attached hydrogens (tertiary/aromatic N) is 4. The lowest BCUT2D eigenvalue weighted by atomic mass is 10.1. The molecule has 0 radical (unpaired) electrons. The van der Waals surface area contributed by atoms with E-state index in [0.29, 0.717) is 5.11 Å². The van der Waals surface area contributed by atoms with E-state index in [-0.39, 0.29) is 6.04 Å². The summed E-state index contributed by atoms with van der Waals surface area (Å²) >= 11 is 5.34. The average Bonchev–Trinajstić information content (AvgIpc) is 2.85. The zero-order valence-corrected chi connectivity index (χ0v) is 13.2. The summed E-state index contributed by atoms with van der Waals surface area (Å²) in [5.74, 6) is 0. The molecule has 2 heterocycles. The van der Waals surface area contributed by atoms with Crippen molar-refractivity contribution in [1.29, 1.82) is 0 Å². The normalized spacial score (nSPS) is 12.2. The summed E-state index contributed by atoms with van der Waals surface area (Å²) in [5, 5.41) is 15.5. The molecule has 1 unspecified atom stereocenters. The van der Waals surface area contributed by atoms with Crippen LogP contribution in [0.3, 0.4) is 0 Å². The number of anilines is 1. The van der Waals surface area contributed by atoms with Crippen molar-refractivity contribution >= 4 is 23.0 Å². The van der Waals surface area contributed by atoms with Crippen molar-refractivity contribution in [2.75, 3.05) is 5.32 Å². The third kappa shape index (κ3) is 2.98. The molecule has 7 heteroatoms. The molecule has 2 aromatic heterocycles. The number of hydrogen-bond donors (Lipinski definition) is 2. The van der Waals surface area contributed by atoms with E-state index in [4.69, 9.17) is 12.2 Å². The summed E-state index contributed by atoms with van der Waals surface area (Å²) in [6, 6.07) is 0.0978. The van der Waals surface area contributed by atoms with Gasteiger partial charge in [-0.15, -0.1) is 0 Å². The van der Waals surface area contributed by atoms with Crippen molar-refractivity contribution in [3.8, 4) is 0 Å². The quantitative estimate of drug-likeness (QED) is 0.845. The number of nitrogens with one attached hydrogen (secondary N) is 2. The molecular weight excluding hydrogens is 272 g/mol. The molecule has 0 aliphatic rings. The van der Waals surface area contributed by atoms with E-state index in [9.17, 15) is 0 Å². The first-order valence-electron chi connectivity index (χ1n) is 6.44. The molecule has 2 rings (SSSR count). The smallest absolute Gasteiger partial charge is 0.171 e. The Bertz CT molecular complexity index is 627. The van der Waals surface area contributed by atoms with Gasteiger partial charge in [-0.05, 0) is 33.0 Å². The first-order chi connectivity index (χ1) is 9.38. The molecule has 0 amide bonds. The van der Waals surface area contributed by atoms with Crippen LogP contribution in [-0.4, -0.2) is 24.7 Å². The van der Waals surface area contributed by atoms with E-state index in [1.54, 1.807) is 10.9 Å². The van der Waals surface area contributed by atoms with Gasteiger partial charge in [-0.2, -0.15) is 10.2 Å². The van der Waals surface area contributed by atoms with Crippen molar-refractivity contribution in [2.45, 2.75) is 26.8 Å². The standard InChI is InChI=1S/C13H20N6S/c1-8(11-7-18(4)17-9(11)2)15-13(20)16-12-6-14-19(5)10(12)3/h6-8H,1-5H3,(H2,15,16,20). The topological polar surface area (TPSA) is 59.7 Å². The number of thiocarbonyl (C=S) groups is 1. The van der Waals surface area contributed by atoms with Crippen molar-refractivity contribution in [2.24, 2.45) is 14.1 Å². The van der Waals surface area contributed by atoms with Crippen LogP contribution in [0.1, 0.15) is 29.9 Å². The predicted octanol–water partition coefficient (Wildman–Crippen LogP) is 1.82. The maximum atomic E-state index is 5.34. The number of aromatic nitrogens is 4. The maximum Gasteiger partial charge on any atom is 0.171 e. The zero-order chi connectivity index (χ0) is 14.9. The molecule has 0 saturated heterocycles. The Hall–Kier alpha value is -1.89. The molecule has 108 valence electrons. The van der Waals surface area contributed by atoms with Crippen LogP contribution in [0, 0.1) is 13.8 Å². The molecule has 0 saturated carbocycles. The summed E-state index contributed by atoms with van der Waals surface area (Å²) in [6.45, 7) is 6.05. The van der Waals surface area contributed by atoms with Gasteiger partial charge in [-0.25, -0.2) is 0 Å². The molecule has 0 aliphatic carbocycles. The van der Waals surface area contributed by atoms with E-state index in [1.165, 1.54) is 0 Å². The fourth-order valence-electron chi connectivity index (χ4n) is 2.10. The van der Waals surface area contributed by atoms with Crippen molar-refractivity contribution in [1.82, 2.24) is 24.9 Å². The Balaban J connectivity index is 2.01. The van der Waals surface area contributed by atoms with Crippen LogP contribution in [0.15, 0.2) is 12.4 Å². The predicted molar refractivity (Wildman–Crippen MR) is 83.7 cm³/mol. The van der Waals surface area contributed by atoms with Gasteiger partial charge >= 0.3 is 0 Å². The third-order valence-electron chi connectivity index (χ3n) is 3.35. The fourth-order valence-corrected chi connectivity index (χ4v) is 2.38. The molecule has 0 aliphatic heterocycles. The summed E-state index contributed by atoms with van der Waals surface area (Å²) in [6.07, 6.45) is 3.77. The summed E-state index contributed by atoms with van der Waals surface area (Å²) in [4.78, 5) is 0. The van der Waals surface area contributed by atoms with Gasteiger partial charge < -0.3 is 10.6 Å². The lowest BCUT2D eigenvalue weighted by Gasteiger charge is -2.16. The summed E-state index contributed by atoms with van der Waals surface area (Å²) < 4.78 is 3.62. The first-order valence-corrected chi connectivity index (χ1v) is 6.85. The van der Waals surface area contributed by atoms with Gasteiger partial charge in [0.1, 0.15) is 0 Å². The molecule has 2 aromatic rings. The lowest BCUT2D eigenvalue weighted by Crippen LogP contribution is -2.31. The van der Waals surface area contributed by atoms with Crippen LogP contribution >= 0.6 is 12.2 Å². The van der Waals surface area contributed by atoms with Crippen LogP contribution in [-0.2, 0) is 14.1 Å². The van der Waals surface area contributed by atoms with Crippen LogP contribution in [0.2, 0.25) is 0 Å². The van der Waals surface area contributed by atoms with Gasteiger partial charge in [0, 0.05) is 25.9 Å². The van der Waals surface area contributed by atoms with Crippen LogP contribution in [0.4, 0.5) is 5.69 Å². The maximum absolute atomic E-state index is 5.34. The van der Waals surface area contributed by atoms with E-state index >= 15 is 0 Å². The highest BCUT2D eigenvalue weighted by molar-refractivity contribution is 7.80. The molecule has 0 spiro atoms. The van der Waals surface area contributed by atoms with Gasteiger partial charge in [0.15, 0.2) is 5.11 Å². The Morgan fingerprint density at radius 3 is 2.55 bits per heavy atom. The zero-order valence-electron chi connectivity index (χ0n) is 12.4. The largest absolute Gasteiger partial charge is 0.356 e. The molecule has 0 aromatic carbocycles. The second-order valence-electron chi connectivity index (χ2n) is 4.93.